The molecule has 0 aliphatic rings. The van der Waals surface area contributed by atoms with Crippen LogP contribution in [-0.4, -0.2) is 10.2 Å². The van der Waals surface area contributed by atoms with Crippen molar-refractivity contribution in [1.82, 2.24) is 0 Å². The summed E-state index contributed by atoms with van der Waals surface area (Å²) in [7, 11) is 0. The Bertz CT molecular complexity index is 82.9. The third kappa shape index (κ3) is 7.34. The summed E-state index contributed by atoms with van der Waals surface area (Å²) >= 11 is 0. The molecule has 2 heteroatoms. The minimum Gasteiger partial charge on any atom is -0.481 e. The Hall–Kier alpha value is -0.660. The fraction of sp³-hybridized carbons (Fsp3) is 0.714. The van der Waals surface area contributed by atoms with Crippen molar-refractivity contribution in [2.45, 2.75) is 32.6 Å². The Morgan fingerprint density at radius 3 is 2.44 bits per heavy atom. The largest absolute Gasteiger partial charge is 0.481 e. The molecule has 0 radical (unpaired) electrons. The van der Waals surface area contributed by atoms with Crippen molar-refractivity contribution < 1.29 is 10.2 Å². The van der Waals surface area contributed by atoms with Gasteiger partial charge in [0.1, 0.15) is 0 Å². The van der Waals surface area contributed by atoms with Gasteiger partial charge in [-0.15, -0.1) is 0 Å². The molecule has 0 fully saturated rings. The van der Waals surface area contributed by atoms with Gasteiger partial charge in [-0.3, -0.25) is 0 Å². The molecule has 0 saturated carbocycles. The fourth-order valence-electron chi connectivity index (χ4n) is 0.625. The second-order valence-electron chi connectivity index (χ2n) is 2.06. The number of allylic oxidation sites excluding steroid dienone is 1. The maximum absolute atomic E-state index is 8.27. The highest BCUT2D eigenvalue weighted by Crippen LogP contribution is 2.00. The van der Waals surface area contributed by atoms with E-state index in [2.05, 4.69) is 6.92 Å². The molecule has 0 aromatic heterocycles. The molecule has 0 saturated heterocycles. The molecule has 0 bridgehead atoms. The van der Waals surface area contributed by atoms with E-state index in [1.807, 2.05) is 0 Å². The molecule has 2 N–H and O–H groups in total. The minimum atomic E-state index is -0.550. The van der Waals surface area contributed by atoms with Gasteiger partial charge < -0.3 is 10.2 Å². The summed E-state index contributed by atoms with van der Waals surface area (Å²) in [6.45, 7) is 2.11. The summed E-state index contributed by atoms with van der Waals surface area (Å²) in [5, 5.41) is 16.5. The summed E-state index contributed by atoms with van der Waals surface area (Å²) in [5.74, 6) is -0.550. The van der Waals surface area contributed by atoms with E-state index in [0.29, 0.717) is 0 Å². The zero-order chi connectivity index (χ0) is 7.11. The second kappa shape index (κ2) is 5.48. The van der Waals surface area contributed by atoms with Gasteiger partial charge in [-0.1, -0.05) is 19.8 Å². The maximum atomic E-state index is 8.27. The number of aliphatic hydroxyl groups excluding tert-OH is 1. The van der Waals surface area contributed by atoms with Crippen LogP contribution in [0.15, 0.2) is 12.0 Å². The monoisotopic (exact) mass is 130 g/mol. The van der Waals surface area contributed by atoms with Crippen LogP contribution >= 0.6 is 0 Å². The van der Waals surface area contributed by atoms with Gasteiger partial charge in [-0.05, 0) is 18.9 Å². The topological polar surface area (TPSA) is 40.5 Å². The average molecular weight is 130 g/mol. The van der Waals surface area contributed by atoms with Crippen LogP contribution in [0, 0.1) is 0 Å². The number of rotatable bonds is 4. The van der Waals surface area contributed by atoms with E-state index in [1.165, 1.54) is 12.5 Å². The number of aliphatic hydroxyl groups is 2. The lowest BCUT2D eigenvalue weighted by molar-refractivity contribution is 0.189. The first-order chi connectivity index (χ1) is 4.27. The van der Waals surface area contributed by atoms with E-state index in [1.54, 1.807) is 0 Å². The molecular formula is C7H14O2. The Kier molecular flexibility index (Phi) is 5.07. The minimum absolute atomic E-state index is 0.550. The molecule has 0 heterocycles. The van der Waals surface area contributed by atoms with Crippen molar-refractivity contribution in [2.24, 2.45) is 0 Å². The van der Waals surface area contributed by atoms with E-state index in [4.69, 9.17) is 10.2 Å². The Balaban J connectivity index is 3.00. The SMILES string of the molecule is CCCCCC=C(O)O. The smallest absolute Gasteiger partial charge is 0.269 e. The van der Waals surface area contributed by atoms with Gasteiger partial charge in [0, 0.05) is 0 Å². The standard InChI is InChI=1S/C7H14O2/c1-2-3-4-5-6-7(8)9/h6,8-9H,2-5H2,1H3. The van der Waals surface area contributed by atoms with Gasteiger partial charge in [0.25, 0.3) is 5.95 Å². The van der Waals surface area contributed by atoms with Crippen molar-refractivity contribution in [2.75, 3.05) is 0 Å². The number of hydrogen-bond donors (Lipinski definition) is 2. The second-order valence-corrected chi connectivity index (χ2v) is 2.06. The van der Waals surface area contributed by atoms with Crippen LogP contribution in [0.2, 0.25) is 0 Å². The summed E-state index contributed by atoms with van der Waals surface area (Å²) in [6, 6.07) is 0. The van der Waals surface area contributed by atoms with Crippen LogP contribution in [0.25, 0.3) is 0 Å². The van der Waals surface area contributed by atoms with E-state index in [-0.39, 0.29) is 0 Å². The summed E-state index contributed by atoms with van der Waals surface area (Å²) in [5.41, 5.74) is 0. The molecule has 0 aromatic carbocycles. The molecule has 0 aromatic rings. The Labute approximate surface area is 55.8 Å². The van der Waals surface area contributed by atoms with Crippen LogP contribution in [0.3, 0.4) is 0 Å². The van der Waals surface area contributed by atoms with E-state index in [9.17, 15) is 0 Å². The first-order valence-corrected chi connectivity index (χ1v) is 3.35. The van der Waals surface area contributed by atoms with Crippen molar-refractivity contribution >= 4 is 0 Å². The third-order valence-corrected chi connectivity index (χ3v) is 1.13. The number of hydrogen-bond acceptors (Lipinski definition) is 2. The summed E-state index contributed by atoms with van der Waals surface area (Å²) in [6.07, 6.45) is 5.57. The normalized spacial score (nSPS) is 9.00. The van der Waals surface area contributed by atoms with Crippen molar-refractivity contribution in [3.05, 3.63) is 12.0 Å². The lowest BCUT2D eigenvalue weighted by Gasteiger charge is -1.90. The quantitative estimate of drug-likeness (QED) is 0.453. The molecular weight excluding hydrogens is 116 g/mol. The summed E-state index contributed by atoms with van der Waals surface area (Å²) in [4.78, 5) is 0. The first-order valence-electron chi connectivity index (χ1n) is 3.35. The van der Waals surface area contributed by atoms with Crippen LogP contribution in [0.1, 0.15) is 32.6 Å². The lowest BCUT2D eigenvalue weighted by atomic mass is 10.2. The Morgan fingerprint density at radius 1 is 1.33 bits per heavy atom. The van der Waals surface area contributed by atoms with Crippen LogP contribution in [0.4, 0.5) is 0 Å². The Morgan fingerprint density at radius 2 is 2.00 bits per heavy atom. The predicted molar refractivity (Wildman–Crippen MR) is 37.5 cm³/mol. The predicted octanol–water partition coefficient (Wildman–Crippen LogP) is 2.52. The first kappa shape index (κ1) is 8.34. The van der Waals surface area contributed by atoms with E-state index in [0.717, 1.165) is 19.3 Å². The number of unbranched alkanes of at least 4 members (excludes halogenated alkanes) is 3. The van der Waals surface area contributed by atoms with E-state index >= 15 is 0 Å². The van der Waals surface area contributed by atoms with Crippen LogP contribution in [0.5, 0.6) is 0 Å². The van der Waals surface area contributed by atoms with Crippen LogP contribution in [-0.2, 0) is 0 Å². The van der Waals surface area contributed by atoms with Crippen molar-refractivity contribution in [3.63, 3.8) is 0 Å². The van der Waals surface area contributed by atoms with Crippen molar-refractivity contribution in [1.29, 1.82) is 0 Å². The molecule has 0 spiro atoms. The third-order valence-electron chi connectivity index (χ3n) is 1.13. The molecule has 9 heavy (non-hydrogen) atoms. The molecule has 0 unspecified atom stereocenters. The van der Waals surface area contributed by atoms with Gasteiger partial charge in [-0.2, -0.15) is 0 Å². The van der Waals surface area contributed by atoms with Gasteiger partial charge >= 0.3 is 0 Å². The maximum Gasteiger partial charge on any atom is 0.269 e. The highest BCUT2D eigenvalue weighted by molar-refractivity contribution is 4.78. The molecule has 0 atom stereocenters. The molecule has 0 rings (SSSR count). The summed E-state index contributed by atoms with van der Waals surface area (Å²) < 4.78 is 0. The van der Waals surface area contributed by atoms with Gasteiger partial charge in [-0.25, -0.2) is 0 Å². The highest BCUT2D eigenvalue weighted by Gasteiger charge is 1.84. The zero-order valence-corrected chi connectivity index (χ0v) is 5.80. The zero-order valence-electron chi connectivity index (χ0n) is 5.80. The van der Waals surface area contributed by atoms with Gasteiger partial charge in [0.2, 0.25) is 0 Å². The molecule has 54 valence electrons. The average Bonchev–Trinajstić information content (AvgIpc) is 1.80. The van der Waals surface area contributed by atoms with Crippen LogP contribution < -0.4 is 0 Å². The molecule has 0 amide bonds. The van der Waals surface area contributed by atoms with E-state index < -0.39 is 5.95 Å². The molecule has 0 aliphatic carbocycles. The fourth-order valence-corrected chi connectivity index (χ4v) is 0.625. The highest BCUT2D eigenvalue weighted by atomic mass is 16.5. The van der Waals surface area contributed by atoms with Crippen molar-refractivity contribution in [3.8, 4) is 0 Å². The van der Waals surface area contributed by atoms with Gasteiger partial charge in [0.05, 0.1) is 0 Å². The molecule has 2 nitrogen and oxygen atoms in total. The molecule has 0 aliphatic heterocycles. The van der Waals surface area contributed by atoms with Gasteiger partial charge in [0.15, 0.2) is 0 Å². The lowest BCUT2D eigenvalue weighted by Crippen LogP contribution is -1.76.